The summed E-state index contributed by atoms with van der Waals surface area (Å²) in [4.78, 5) is 17.7. The maximum absolute atomic E-state index is 13.3. The number of allylic oxidation sites excluding steroid dienone is 2. The van der Waals surface area contributed by atoms with E-state index >= 15 is 0 Å². The fourth-order valence-electron chi connectivity index (χ4n) is 4.26. The number of methoxy groups -OCH3 is 1. The second-order valence-corrected chi connectivity index (χ2v) is 7.74. The number of carbonyl (C=O) groups is 1. The van der Waals surface area contributed by atoms with E-state index in [1.165, 1.54) is 6.33 Å². The van der Waals surface area contributed by atoms with Crippen LogP contribution in [0.25, 0.3) is 0 Å². The number of benzene rings is 2. The van der Waals surface area contributed by atoms with E-state index in [0.717, 1.165) is 22.6 Å². The lowest BCUT2D eigenvalue weighted by molar-refractivity contribution is -0.123. The van der Waals surface area contributed by atoms with Crippen LogP contribution in [0.5, 0.6) is 5.75 Å². The fourth-order valence-corrected chi connectivity index (χ4v) is 4.46. The monoisotopic (exact) mass is 406 g/mol. The van der Waals surface area contributed by atoms with Crippen LogP contribution >= 0.6 is 11.6 Å². The van der Waals surface area contributed by atoms with Crippen LogP contribution in [0, 0.1) is 5.92 Å². The molecule has 0 radical (unpaired) electrons. The minimum absolute atomic E-state index is 0.00152. The molecule has 1 N–H and O–H groups in total. The van der Waals surface area contributed by atoms with Gasteiger partial charge in [0.2, 0.25) is 5.95 Å². The van der Waals surface area contributed by atoms with Gasteiger partial charge in [-0.15, -0.1) is 0 Å². The normalized spacial score (nSPS) is 22.9. The van der Waals surface area contributed by atoms with E-state index in [2.05, 4.69) is 21.5 Å². The maximum atomic E-state index is 13.3. The van der Waals surface area contributed by atoms with Crippen molar-refractivity contribution in [3.05, 3.63) is 82.8 Å². The van der Waals surface area contributed by atoms with Crippen molar-refractivity contribution in [2.75, 3.05) is 12.4 Å². The number of anilines is 1. The number of nitrogens with zero attached hydrogens (tertiary/aromatic N) is 3. The van der Waals surface area contributed by atoms with Gasteiger partial charge in [0, 0.05) is 23.1 Å². The van der Waals surface area contributed by atoms with Gasteiger partial charge in [-0.25, -0.2) is 4.68 Å². The van der Waals surface area contributed by atoms with Crippen LogP contribution in [0.1, 0.15) is 29.5 Å². The molecule has 2 aliphatic rings. The molecule has 5 rings (SSSR count). The number of hydrogen-bond donors (Lipinski definition) is 1. The lowest BCUT2D eigenvalue weighted by Gasteiger charge is -2.38. The average molecular weight is 407 g/mol. The predicted molar refractivity (Wildman–Crippen MR) is 110 cm³/mol. The minimum Gasteiger partial charge on any atom is -0.497 e. The standard InChI is InChI=1S/C22H19ClN4O2/c1-29-17-7-5-13(6-8-17)15-10-18-20(19(28)11-15)21(14-3-2-4-16(23)9-14)27-22(26-18)24-12-25-27/h2-10,12,15,20-21H,11H2,1H3,(H,24,25,26)/t15-,20-,21-/m0/s1. The molecule has 7 heteroatoms. The molecule has 2 aromatic carbocycles. The highest BCUT2D eigenvalue weighted by atomic mass is 35.5. The van der Waals surface area contributed by atoms with Crippen molar-refractivity contribution in [2.24, 2.45) is 5.92 Å². The molecule has 146 valence electrons. The first kappa shape index (κ1) is 17.9. The summed E-state index contributed by atoms with van der Waals surface area (Å²) in [5.74, 6) is 1.24. The second kappa shape index (κ2) is 7.04. The summed E-state index contributed by atoms with van der Waals surface area (Å²) in [5.41, 5.74) is 2.89. The molecule has 0 fully saturated rings. The minimum atomic E-state index is -0.350. The van der Waals surface area contributed by atoms with Crippen LogP contribution in [-0.4, -0.2) is 27.7 Å². The highest BCUT2D eigenvalue weighted by Crippen LogP contribution is 2.44. The van der Waals surface area contributed by atoms with Crippen LogP contribution in [0.2, 0.25) is 5.02 Å². The summed E-state index contributed by atoms with van der Waals surface area (Å²) in [7, 11) is 1.64. The van der Waals surface area contributed by atoms with E-state index in [1.807, 2.05) is 48.5 Å². The summed E-state index contributed by atoms with van der Waals surface area (Å²) < 4.78 is 7.02. The van der Waals surface area contributed by atoms with Gasteiger partial charge in [0.1, 0.15) is 17.9 Å². The molecule has 0 amide bonds. The van der Waals surface area contributed by atoms with Crippen molar-refractivity contribution in [1.29, 1.82) is 0 Å². The average Bonchev–Trinajstić information content (AvgIpc) is 3.20. The van der Waals surface area contributed by atoms with Crippen LogP contribution in [0.4, 0.5) is 5.95 Å². The van der Waals surface area contributed by atoms with E-state index < -0.39 is 0 Å². The first-order valence-electron chi connectivity index (χ1n) is 9.44. The smallest absolute Gasteiger partial charge is 0.226 e. The van der Waals surface area contributed by atoms with Gasteiger partial charge in [-0.3, -0.25) is 4.79 Å². The van der Waals surface area contributed by atoms with Gasteiger partial charge in [-0.2, -0.15) is 10.1 Å². The SMILES string of the molecule is COc1ccc([C@H]2C=C3Nc4ncnn4[C@@H](c4cccc(Cl)c4)[C@@H]3C(=O)C2)cc1. The van der Waals surface area contributed by atoms with Gasteiger partial charge < -0.3 is 10.1 Å². The van der Waals surface area contributed by atoms with Gasteiger partial charge in [0.25, 0.3) is 0 Å². The highest BCUT2D eigenvalue weighted by Gasteiger charge is 2.43. The lowest BCUT2D eigenvalue weighted by atomic mass is 9.75. The molecule has 0 saturated heterocycles. The van der Waals surface area contributed by atoms with Gasteiger partial charge in [-0.05, 0) is 35.4 Å². The van der Waals surface area contributed by atoms with E-state index in [9.17, 15) is 4.79 Å². The molecule has 1 aliphatic heterocycles. The zero-order valence-corrected chi connectivity index (χ0v) is 16.5. The molecule has 0 unspecified atom stereocenters. The summed E-state index contributed by atoms with van der Waals surface area (Å²) in [6.07, 6.45) is 4.08. The largest absolute Gasteiger partial charge is 0.497 e. The Balaban J connectivity index is 1.58. The van der Waals surface area contributed by atoms with Crippen molar-refractivity contribution in [1.82, 2.24) is 14.8 Å². The fraction of sp³-hybridized carbons (Fsp3) is 0.227. The Labute approximate surface area is 173 Å². The maximum Gasteiger partial charge on any atom is 0.226 e. The Morgan fingerprint density at radius 3 is 2.76 bits per heavy atom. The number of halogens is 1. The molecule has 1 aromatic heterocycles. The number of carbonyl (C=O) groups excluding carboxylic acids is 1. The van der Waals surface area contributed by atoms with E-state index in [4.69, 9.17) is 16.3 Å². The Morgan fingerprint density at radius 1 is 1.17 bits per heavy atom. The summed E-state index contributed by atoms with van der Waals surface area (Å²) in [5, 5.41) is 8.32. The number of ether oxygens (including phenoxy) is 1. The molecule has 6 nitrogen and oxygen atoms in total. The molecule has 3 atom stereocenters. The second-order valence-electron chi connectivity index (χ2n) is 7.30. The quantitative estimate of drug-likeness (QED) is 0.705. The zero-order chi connectivity index (χ0) is 20.0. The molecule has 0 spiro atoms. The molecule has 0 saturated carbocycles. The molecule has 2 heterocycles. The van der Waals surface area contributed by atoms with E-state index in [0.29, 0.717) is 17.4 Å². The molecule has 0 bridgehead atoms. The number of fused-ring (bicyclic) bond motifs is 2. The topological polar surface area (TPSA) is 69.0 Å². The van der Waals surface area contributed by atoms with Gasteiger partial charge in [0.15, 0.2) is 0 Å². The van der Waals surface area contributed by atoms with Crippen LogP contribution in [0.15, 0.2) is 66.6 Å². The Bertz CT molecular complexity index is 1110. The third kappa shape index (κ3) is 3.09. The third-order valence-corrected chi connectivity index (χ3v) is 5.86. The van der Waals surface area contributed by atoms with E-state index in [1.54, 1.807) is 11.8 Å². The van der Waals surface area contributed by atoms with Gasteiger partial charge >= 0.3 is 0 Å². The van der Waals surface area contributed by atoms with Gasteiger partial charge in [-0.1, -0.05) is 41.9 Å². The van der Waals surface area contributed by atoms with Crippen molar-refractivity contribution < 1.29 is 9.53 Å². The number of hydrogen-bond acceptors (Lipinski definition) is 5. The third-order valence-electron chi connectivity index (χ3n) is 5.63. The zero-order valence-electron chi connectivity index (χ0n) is 15.7. The van der Waals surface area contributed by atoms with E-state index in [-0.39, 0.29) is 23.7 Å². The first-order chi connectivity index (χ1) is 14.1. The molecular weight excluding hydrogens is 388 g/mol. The van der Waals surface area contributed by atoms with Gasteiger partial charge in [0.05, 0.1) is 19.1 Å². The Morgan fingerprint density at radius 2 is 2.00 bits per heavy atom. The summed E-state index contributed by atoms with van der Waals surface area (Å²) in [6, 6.07) is 15.2. The van der Waals surface area contributed by atoms with Crippen molar-refractivity contribution in [3.63, 3.8) is 0 Å². The Kier molecular flexibility index (Phi) is 4.36. The highest BCUT2D eigenvalue weighted by molar-refractivity contribution is 6.30. The van der Waals surface area contributed by atoms with Crippen LogP contribution in [-0.2, 0) is 4.79 Å². The number of aromatic nitrogens is 3. The first-order valence-corrected chi connectivity index (χ1v) is 9.82. The summed E-state index contributed by atoms with van der Waals surface area (Å²) in [6.45, 7) is 0. The van der Waals surface area contributed by atoms with Crippen molar-refractivity contribution in [2.45, 2.75) is 18.4 Å². The lowest BCUT2D eigenvalue weighted by Crippen LogP contribution is -2.40. The summed E-state index contributed by atoms with van der Waals surface area (Å²) >= 11 is 6.23. The number of nitrogens with one attached hydrogen (secondary N) is 1. The number of rotatable bonds is 3. The molecular formula is C22H19ClN4O2. The molecule has 29 heavy (non-hydrogen) atoms. The van der Waals surface area contributed by atoms with Crippen LogP contribution in [0.3, 0.4) is 0 Å². The number of ketones is 1. The Hall–Kier alpha value is -3.12. The molecule has 1 aliphatic carbocycles. The van der Waals surface area contributed by atoms with Crippen LogP contribution < -0.4 is 10.1 Å². The van der Waals surface area contributed by atoms with Crippen molar-refractivity contribution in [3.8, 4) is 5.75 Å². The predicted octanol–water partition coefficient (Wildman–Crippen LogP) is 4.21. The number of Topliss-reactive ketones (excluding diaryl/α,β-unsaturated/α-hetero) is 1. The van der Waals surface area contributed by atoms with Crippen molar-refractivity contribution >= 4 is 23.3 Å². The molecule has 3 aromatic rings.